The van der Waals surface area contributed by atoms with Crippen molar-refractivity contribution in [3.8, 4) is 11.4 Å². The van der Waals surface area contributed by atoms with Gasteiger partial charge >= 0.3 is 0 Å². The molecule has 0 spiro atoms. The molecule has 2 aliphatic heterocycles. The zero-order valence-electron chi connectivity index (χ0n) is 19.5. The maximum absolute atomic E-state index is 13.3. The van der Waals surface area contributed by atoms with Gasteiger partial charge in [-0.3, -0.25) is 4.79 Å². The number of aromatic nitrogens is 2. The van der Waals surface area contributed by atoms with E-state index in [2.05, 4.69) is 18.7 Å². The predicted octanol–water partition coefficient (Wildman–Crippen LogP) is 4.62. The Hall–Kier alpha value is -2.96. The van der Waals surface area contributed by atoms with Crippen molar-refractivity contribution in [2.75, 3.05) is 24.5 Å². The summed E-state index contributed by atoms with van der Waals surface area (Å²) in [7, 11) is 0. The average Bonchev–Trinajstić information content (AvgIpc) is 2.87. The van der Waals surface area contributed by atoms with E-state index in [-0.39, 0.29) is 18.1 Å². The van der Waals surface area contributed by atoms with Gasteiger partial charge in [0.25, 0.3) is 0 Å². The second-order valence-corrected chi connectivity index (χ2v) is 9.54. The number of benzene rings is 2. The van der Waals surface area contributed by atoms with E-state index in [0.29, 0.717) is 19.5 Å². The summed E-state index contributed by atoms with van der Waals surface area (Å²) in [6.45, 7) is 6.71. The second-order valence-electron chi connectivity index (χ2n) is 9.11. The Bertz CT molecular complexity index is 1150. The number of ether oxygens (including phenoxy) is 1. The van der Waals surface area contributed by atoms with Crippen LogP contribution in [-0.2, 0) is 22.5 Å². The van der Waals surface area contributed by atoms with Crippen molar-refractivity contribution < 1.29 is 9.53 Å². The molecular formula is C27H29ClN4O2. The number of carbonyl (C=O) groups is 1. The highest BCUT2D eigenvalue weighted by Gasteiger charge is 2.33. The second kappa shape index (κ2) is 9.72. The van der Waals surface area contributed by atoms with E-state index >= 15 is 0 Å². The quantitative estimate of drug-likeness (QED) is 0.514. The van der Waals surface area contributed by atoms with Crippen molar-refractivity contribution in [3.63, 3.8) is 0 Å². The largest absolute Gasteiger partial charge is 0.372 e. The highest BCUT2D eigenvalue weighted by atomic mass is 35.5. The molecule has 1 saturated heterocycles. The Kier molecular flexibility index (Phi) is 6.53. The van der Waals surface area contributed by atoms with Crippen molar-refractivity contribution >= 4 is 23.3 Å². The van der Waals surface area contributed by atoms with E-state index in [0.717, 1.165) is 47.1 Å². The summed E-state index contributed by atoms with van der Waals surface area (Å²) in [5.74, 6) is 1.54. The van der Waals surface area contributed by atoms with Gasteiger partial charge in [-0.25, -0.2) is 9.97 Å². The van der Waals surface area contributed by atoms with E-state index < -0.39 is 5.38 Å². The van der Waals surface area contributed by atoms with E-state index in [1.807, 2.05) is 65.6 Å². The zero-order valence-corrected chi connectivity index (χ0v) is 20.3. The lowest BCUT2D eigenvalue weighted by Crippen LogP contribution is -2.47. The minimum Gasteiger partial charge on any atom is -0.372 e. The standard InChI is InChI=1S/C27H29ClN4O2/c1-18-15-32(16-19(2)34-18)26-22-17-31(27(33)24(28)20-9-5-3-6-10-20)14-13-23(22)29-25(30-26)21-11-7-4-8-12-21/h3-12,18-19,24H,13-17H2,1-2H3. The molecule has 1 aromatic heterocycles. The fraction of sp³-hybridized carbons (Fsp3) is 0.370. The first-order valence-electron chi connectivity index (χ1n) is 11.8. The first kappa shape index (κ1) is 22.8. The molecule has 2 aliphatic rings. The maximum Gasteiger partial charge on any atom is 0.245 e. The number of amides is 1. The molecule has 2 aromatic carbocycles. The van der Waals surface area contributed by atoms with Crippen molar-refractivity contribution in [1.29, 1.82) is 0 Å². The third-order valence-corrected chi connectivity index (χ3v) is 6.85. The van der Waals surface area contributed by atoms with Crippen LogP contribution >= 0.6 is 11.6 Å². The van der Waals surface area contributed by atoms with Crippen LogP contribution in [-0.4, -0.2) is 52.6 Å². The van der Waals surface area contributed by atoms with Crippen molar-refractivity contribution in [2.45, 2.75) is 44.4 Å². The van der Waals surface area contributed by atoms with Crippen molar-refractivity contribution in [2.24, 2.45) is 0 Å². The fourth-order valence-corrected chi connectivity index (χ4v) is 5.12. The van der Waals surface area contributed by atoms with Crippen LogP contribution < -0.4 is 4.90 Å². The van der Waals surface area contributed by atoms with Crippen LogP contribution in [0.2, 0.25) is 0 Å². The van der Waals surface area contributed by atoms with Gasteiger partial charge in [-0.05, 0) is 19.4 Å². The van der Waals surface area contributed by atoms with Crippen molar-refractivity contribution in [1.82, 2.24) is 14.9 Å². The highest BCUT2D eigenvalue weighted by Crippen LogP contribution is 2.33. The van der Waals surface area contributed by atoms with Gasteiger partial charge in [0.15, 0.2) is 5.82 Å². The molecule has 3 heterocycles. The number of alkyl halides is 1. The number of carbonyl (C=O) groups excluding carboxylic acids is 1. The van der Waals surface area contributed by atoms with E-state index in [1.54, 1.807) is 0 Å². The van der Waals surface area contributed by atoms with Gasteiger partial charge in [-0.15, -0.1) is 11.6 Å². The zero-order chi connectivity index (χ0) is 23.7. The molecule has 3 unspecified atom stereocenters. The Morgan fingerprint density at radius 3 is 2.32 bits per heavy atom. The lowest BCUT2D eigenvalue weighted by atomic mass is 10.0. The van der Waals surface area contributed by atoms with Crippen molar-refractivity contribution in [3.05, 3.63) is 77.5 Å². The molecule has 0 radical (unpaired) electrons. The third-order valence-electron chi connectivity index (χ3n) is 6.41. The van der Waals surface area contributed by atoms with E-state index in [1.165, 1.54) is 0 Å². The molecule has 176 valence electrons. The Morgan fingerprint density at radius 1 is 1.00 bits per heavy atom. The van der Waals surface area contributed by atoms with E-state index in [9.17, 15) is 4.79 Å². The summed E-state index contributed by atoms with van der Waals surface area (Å²) >= 11 is 6.60. The number of hydrogen-bond acceptors (Lipinski definition) is 5. The van der Waals surface area contributed by atoms with Gasteiger partial charge in [0.2, 0.25) is 5.91 Å². The predicted molar refractivity (Wildman–Crippen MR) is 134 cm³/mol. The van der Waals surface area contributed by atoms with Crippen LogP contribution in [0.3, 0.4) is 0 Å². The minimum atomic E-state index is -0.709. The molecule has 0 saturated carbocycles. The van der Waals surface area contributed by atoms with Crippen LogP contribution in [0.25, 0.3) is 11.4 Å². The Labute approximate surface area is 205 Å². The van der Waals surface area contributed by atoms with Gasteiger partial charge in [-0.2, -0.15) is 0 Å². The monoisotopic (exact) mass is 476 g/mol. The van der Waals surface area contributed by atoms with E-state index in [4.69, 9.17) is 26.3 Å². The molecule has 0 N–H and O–H groups in total. The molecule has 5 rings (SSSR count). The number of hydrogen-bond donors (Lipinski definition) is 0. The SMILES string of the molecule is CC1CN(c2nc(-c3ccccc3)nc3c2CN(C(=O)C(Cl)c2ccccc2)CC3)CC(C)O1. The molecule has 0 bridgehead atoms. The van der Waals surface area contributed by atoms with Gasteiger partial charge < -0.3 is 14.5 Å². The first-order valence-corrected chi connectivity index (χ1v) is 12.3. The summed E-state index contributed by atoms with van der Waals surface area (Å²) in [5.41, 5.74) is 3.82. The molecule has 34 heavy (non-hydrogen) atoms. The Balaban J connectivity index is 1.50. The lowest BCUT2D eigenvalue weighted by Gasteiger charge is -2.39. The molecule has 1 amide bonds. The summed E-state index contributed by atoms with van der Waals surface area (Å²) in [6, 6.07) is 19.6. The van der Waals surface area contributed by atoms with Crippen LogP contribution in [0.15, 0.2) is 60.7 Å². The third kappa shape index (κ3) is 4.65. The van der Waals surface area contributed by atoms with Gasteiger partial charge in [0.05, 0.1) is 24.4 Å². The maximum atomic E-state index is 13.3. The number of morpholine rings is 1. The minimum absolute atomic E-state index is 0.0830. The molecule has 0 aliphatic carbocycles. The number of nitrogens with zero attached hydrogens (tertiary/aromatic N) is 4. The molecule has 1 fully saturated rings. The summed E-state index contributed by atoms with van der Waals surface area (Å²) in [4.78, 5) is 27.4. The van der Waals surface area contributed by atoms with Gasteiger partial charge in [0.1, 0.15) is 11.2 Å². The summed E-state index contributed by atoms with van der Waals surface area (Å²) in [5, 5.41) is -0.709. The van der Waals surface area contributed by atoms with Crippen LogP contribution in [0.4, 0.5) is 5.82 Å². The number of rotatable bonds is 4. The molecule has 7 heteroatoms. The smallest absolute Gasteiger partial charge is 0.245 e. The fourth-order valence-electron chi connectivity index (χ4n) is 4.84. The lowest BCUT2D eigenvalue weighted by molar-refractivity contribution is -0.131. The van der Waals surface area contributed by atoms with Gasteiger partial charge in [-0.1, -0.05) is 60.7 Å². The summed E-state index contributed by atoms with van der Waals surface area (Å²) < 4.78 is 5.97. The average molecular weight is 477 g/mol. The number of halogens is 1. The first-order chi connectivity index (χ1) is 16.5. The Morgan fingerprint density at radius 2 is 1.65 bits per heavy atom. The summed E-state index contributed by atoms with van der Waals surface area (Å²) in [6.07, 6.45) is 0.868. The van der Waals surface area contributed by atoms with Crippen LogP contribution in [0.5, 0.6) is 0 Å². The molecule has 3 aromatic rings. The number of anilines is 1. The number of fused-ring (bicyclic) bond motifs is 1. The highest BCUT2D eigenvalue weighted by molar-refractivity contribution is 6.30. The van der Waals surface area contributed by atoms with Crippen LogP contribution in [0, 0.1) is 0 Å². The molecule has 6 nitrogen and oxygen atoms in total. The topological polar surface area (TPSA) is 58.6 Å². The normalized spacial score (nSPS) is 21.1. The van der Waals surface area contributed by atoms with Gasteiger partial charge in [0, 0.05) is 37.2 Å². The molecule has 3 atom stereocenters. The van der Waals surface area contributed by atoms with Crippen LogP contribution in [0.1, 0.15) is 36.0 Å². The molecular weight excluding hydrogens is 448 g/mol.